The molecule has 3 nitrogen and oxygen atoms in total. The summed E-state index contributed by atoms with van der Waals surface area (Å²) in [6.07, 6.45) is 11.0. The van der Waals surface area contributed by atoms with Crippen molar-refractivity contribution >= 4 is 5.91 Å². The number of likely N-dealkylation sites (tertiary alicyclic amines) is 1. The Bertz CT molecular complexity index is 352. The minimum atomic E-state index is 0.370. The quantitative estimate of drug-likeness (QED) is 0.759. The molecule has 0 spiro atoms. The summed E-state index contributed by atoms with van der Waals surface area (Å²) >= 11 is 0. The van der Waals surface area contributed by atoms with Crippen molar-refractivity contribution in [3.8, 4) is 0 Å². The van der Waals surface area contributed by atoms with E-state index in [2.05, 4.69) is 17.1 Å². The number of nitrogens with two attached hydrogens (primary N) is 1. The van der Waals surface area contributed by atoms with Crippen molar-refractivity contribution in [1.82, 2.24) is 4.90 Å². The van der Waals surface area contributed by atoms with Crippen molar-refractivity contribution in [2.24, 2.45) is 23.5 Å². The molecule has 3 rings (SSSR count). The van der Waals surface area contributed by atoms with Gasteiger partial charge in [-0.15, -0.1) is 0 Å². The van der Waals surface area contributed by atoms with Crippen LogP contribution in [0.2, 0.25) is 0 Å². The maximum absolute atomic E-state index is 12.3. The van der Waals surface area contributed by atoms with Crippen LogP contribution in [-0.4, -0.2) is 29.9 Å². The van der Waals surface area contributed by atoms with Gasteiger partial charge in [-0.05, 0) is 49.9 Å². The lowest BCUT2D eigenvalue weighted by Gasteiger charge is -2.27. The predicted molar refractivity (Wildman–Crippen MR) is 71.9 cm³/mol. The molecule has 3 aliphatic rings. The SMILES string of the molecule is NC1CC[C@@H]2CN(C(=O)CC3C=CCC3)C[C@@H]2C1. The topological polar surface area (TPSA) is 46.3 Å². The van der Waals surface area contributed by atoms with E-state index < -0.39 is 0 Å². The lowest BCUT2D eigenvalue weighted by molar-refractivity contribution is -0.131. The zero-order chi connectivity index (χ0) is 12.5. The highest BCUT2D eigenvalue weighted by Crippen LogP contribution is 2.36. The number of carbonyl (C=O) groups is 1. The van der Waals surface area contributed by atoms with Gasteiger partial charge in [-0.1, -0.05) is 12.2 Å². The third-order valence-corrected chi connectivity index (χ3v) is 4.99. The van der Waals surface area contributed by atoms with Gasteiger partial charge in [-0.3, -0.25) is 4.79 Å². The van der Waals surface area contributed by atoms with Crippen molar-refractivity contribution in [1.29, 1.82) is 0 Å². The Balaban J connectivity index is 1.54. The van der Waals surface area contributed by atoms with E-state index in [0.29, 0.717) is 23.8 Å². The van der Waals surface area contributed by atoms with Crippen molar-refractivity contribution in [2.75, 3.05) is 13.1 Å². The lowest BCUT2D eigenvalue weighted by atomic mass is 9.79. The summed E-state index contributed by atoms with van der Waals surface area (Å²) in [6.45, 7) is 1.96. The first kappa shape index (κ1) is 12.2. The molecule has 0 aromatic carbocycles. The minimum Gasteiger partial charge on any atom is -0.342 e. The Hall–Kier alpha value is -0.830. The van der Waals surface area contributed by atoms with Gasteiger partial charge >= 0.3 is 0 Å². The molecule has 1 saturated carbocycles. The molecule has 0 bridgehead atoms. The number of amides is 1. The molecule has 3 heteroatoms. The number of carbonyl (C=O) groups excluding carboxylic acids is 1. The van der Waals surface area contributed by atoms with E-state index in [0.717, 1.165) is 51.1 Å². The summed E-state index contributed by atoms with van der Waals surface area (Å²) in [6, 6.07) is 0.374. The van der Waals surface area contributed by atoms with Crippen LogP contribution in [0.3, 0.4) is 0 Å². The molecule has 4 atom stereocenters. The van der Waals surface area contributed by atoms with Crippen LogP contribution in [0.4, 0.5) is 0 Å². The zero-order valence-electron chi connectivity index (χ0n) is 11.1. The smallest absolute Gasteiger partial charge is 0.223 e. The van der Waals surface area contributed by atoms with Crippen LogP contribution in [0.5, 0.6) is 0 Å². The summed E-state index contributed by atoms with van der Waals surface area (Å²) in [5.74, 6) is 2.28. The predicted octanol–water partition coefficient (Wildman–Crippen LogP) is 1.93. The molecule has 2 aliphatic carbocycles. The van der Waals surface area contributed by atoms with Gasteiger partial charge in [0.25, 0.3) is 0 Å². The molecule has 0 radical (unpaired) electrons. The molecule has 2 N–H and O–H groups in total. The molecule has 1 amide bonds. The van der Waals surface area contributed by atoms with E-state index in [9.17, 15) is 4.79 Å². The van der Waals surface area contributed by atoms with E-state index in [-0.39, 0.29) is 0 Å². The van der Waals surface area contributed by atoms with Gasteiger partial charge in [-0.2, -0.15) is 0 Å². The monoisotopic (exact) mass is 248 g/mol. The molecule has 100 valence electrons. The van der Waals surface area contributed by atoms with Gasteiger partial charge in [0.15, 0.2) is 0 Å². The molecule has 2 unspecified atom stereocenters. The van der Waals surface area contributed by atoms with Crippen molar-refractivity contribution in [3.05, 3.63) is 12.2 Å². The number of rotatable bonds is 2. The molecular formula is C15H24N2O. The fourth-order valence-corrected chi connectivity index (χ4v) is 3.89. The van der Waals surface area contributed by atoms with Crippen molar-refractivity contribution < 1.29 is 4.79 Å². The Morgan fingerprint density at radius 3 is 2.83 bits per heavy atom. The molecule has 0 aromatic heterocycles. The first-order valence-electron chi connectivity index (χ1n) is 7.42. The molecule has 1 aliphatic heterocycles. The maximum atomic E-state index is 12.3. The third kappa shape index (κ3) is 2.46. The first-order valence-corrected chi connectivity index (χ1v) is 7.42. The highest BCUT2D eigenvalue weighted by Gasteiger charge is 2.38. The summed E-state index contributed by atoms with van der Waals surface area (Å²) < 4.78 is 0. The summed E-state index contributed by atoms with van der Waals surface area (Å²) in [5, 5.41) is 0. The minimum absolute atomic E-state index is 0.370. The van der Waals surface area contributed by atoms with Gasteiger partial charge < -0.3 is 10.6 Å². The number of allylic oxidation sites excluding steroid dienone is 2. The van der Waals surface area contributed by atoms with Crippen LogP contribution in [-0.2, 0) is 4.79 Å². The Morgan fingerprint density at radius 1 is 1.22 bits per heavy atom. The van der Waals surface area contributed by atoms with E-state index in [1.54, 1.807) is 0 Å². The average molecular weight is 248 g/mol. The van der Waals surface area contributed by atoms with Gasteiger partial charge in [-0.25, -0.2) is 0 Å². The number of hydrogen-bond acceptors (Lipinski definition) is 2. The van der Waals surface area contributed by atoms with Gasteiger partial charge in [0.05, 0.1) is 0 Å². The maximum Gasteiger partial charge on any atom is 0.223 e. The van der Waals surface area contributed by atoms with Crippen molar-refractivity contribution in [2.45, 2.75) is 44.6 Å². The Morgan fingerprint density at radius 2 is 2.06 bits per heavy atom. The van der Waals surface area contributed by atoms with E-state index >= 15 is 0 Å². The fourth-order valence-electron chi connectivity index (χ4n) is 3.89. The number of hydrogen-bond donors (Lipinski definition) is 1. The highest BCUT2D eigenvalue weighted by atomic mass is 16.2. The van der Waals surface area contributed by atoms with Gasteiger partial charge in [0, 0.05) is 25.6 Å². The van der Waals surface area contributed by atoms with Crippen LogP contribution < -0.4 is 5.73 Å². The average Bonchev–Trinajstić information content (AvgIpc) is 2.96. The zero-order valence-corrected chi connectivity index (χ0v) is 11.1. The first-order chi connectivity index (χ1) is 8.72. The summed E-state index contributed by atoms with van der Waals surface area (Å²) in [4.78, 5) is 14.4. The van der Waals surface area contributed by atoms with Crippen LogP contribution in [0.15, 0.2) is 12.2 Å². The fraction of sp³-hybridized carbons (Fsp3) is 0.800. The molecule has 0 aromatic rings. The molecular weight excluding hydrogens is 224 g/mol. The van der Waals surface area contributed by atoms with Gasteiger partial charge in [0.2, 0.25) is 5.91 Å². The summed E-state index contributed by atoms with van der Waals surface area (Å²) in [5.41, 5.74) is 6.03. The van der Waals surface area contributed by atoms with Gasteiger partial charge in [0.1, 0.15) is 0 Å². The summed E-state index contributed by atoms with van der Waals surface area (Å²) in [7, 11) is 0. The van der Waals surface area contributed by atoms with E-state index in [1.165, 1.54) is 6.42 Å². The second kappa shape index (κ2) is 5.04. The molecule has 2 fully saturated rings. The second-order valence-electron chi connectivity index (χ2n) is 6.36. The third-order valence-electron chi connectivity index (χ3n) is 4.99. The van der Waals surface area contributed by atoms with Crippen molar-refractivity contribution in [3.63, 3.8) is 0 Å². The van der Waals surface area contributed by atoms with E-state index in [4.69, 9.17) is 5.73 Å². The molecule has 1 saturated heterocycles. The molecule has 18 heavy (non-hydrogen) atoms. The van der Waals surface area contributed by atoms with Crippen LogP contribution in [0, 0.1) is 17.8 Å². The van der Waals surface area contributed by atoms with Crippen LogP contribution in [0.25, 0.3) is 0 Å². The lowest BCUT2D eigenvalue weighted by Crippen LogP contribution is -2.32. The Labute approximate surface area is 109 Å². The number of fused-ring (bicyclic) bond motifs is 1. The standard InChI is InChI=1S/C15H24N2O/c16-14-6-5-12-9-17(10-13(12)8-14)15(18)7-11-3-1-2-4-11/h1,3,11-14H,2,4-10,16H2/t11?,12-,13+,14?/m1/s1. The van der Waals surface area contributed by atoms with Crippen LogP contribution >= 0.6 is 0 Å². The number of nitrogens with zero attached hydrogens (tertiary/aromatic N) is 1. The second-order valence-corrected chi connectivity index (χ2v) is 6.36. The van der Waals surface area contributed by atoms with E-state index in [1.807, 2.05) is 0 Å². The normalized spacial score (nSPS) is 39.1. The molecule has 1 heterocycles. The van der Waals surface area contributed by atoms with Crippen LogP contribution in [0.1, 0.15) is 38.5 Å². The highest BCUT2D eigenvalue weighted by molar-refractivity contribution is 5.77. The largest absolute Gasteiger partial charge is 0.342 e. The Kier molecular flexibility index (Phi) is 3.42.